The number of hydrogen-bond donors (Lipinski definition) is 2. The molecule has 128 valence electrons. The summed E-state index contributed by atoms with van der Waals surface area (Å²) in [6.45, 7) is 0.616. The van der Waals surface area contributed by atoms with E-state index in [1.807, 2.05) is 31.4 Å². The van der Waals surface area contributed by atoms with Crippen LogP contribution in [0.1, 0.15) is 30.0 Å². The number of nitrogens with zero attached hydrogens (tertiary/aromatic N) is 2. The molecule has 3 rings (SSSR count). The van der Waals surface area contributed by atoms with Crippen LogP contribution in [0.4, 0.5) is 0 Å². The first-order chi connectivity index (χ1) is 11.6. The molecule has 1 aromatic carbocycles. The molecular weight excluding hydrogens is 304 g/mol. The van der Waals surface area contributed by atoms with E-state index in [0.717, 1.165) is 24.2 Å². The molecule has 1 amide bonds. The van der Waals surface area contributed by atoms with Crippen molar-refractivity contribution in [1.82, 2.24) is 20.4 Å². The van der Waals surface area contributed by atoms with Crippen LogP contribution in [-0.4, -0.2) is 36.4 Å². The van der Waals surface area contributed by atoms with E-state index in [-0.39, 0.29) is 11.3 Å². The lowest BCUT2D eigenvalue weighted by Gasteiger charge is -2.21. The van der Waals surface area contributed by atoms with Crippen molar-refractivity contribution in [1.29, 1.82) is 0 Å². The third-order valence-corrected chi connectivity index (χ3v) is 4.74. The molecule has 1 heterocycles. The van der Waals surface area contributed by atoms with E-state index in [1.54, 1.807) is 25.0 Å². The maximum absolute atomic E-state index is 12.6. The number of aromatic nitrogens is 2. The van der Waals surface area contributed by atoms with Gasteiger partial charge in [-0.25, -0.2) is 0 Å². The lowest BCUT2D eigenvalue weighted by atomic mass is 9.94. The Bertz CT molecular complexity index is 721. The molecule has 1 aliphatic carbocycles. The summed E-state index contributed by atoms with van der Waals surface area (Å²) in [7, 11) is 5.31. The monoisotopic (exact) mass is 328 g/mol. The van der Waals surface area contributed by atoms with Crippen molar-refractivity contribution in [3.05, 3.63) is 47.8 Å². The Kier molecular flexibility index (Phi) is 4.57. The summed E-state index contributed by atoms with van der Waals surface area (Å²) in [6, 6.07) is 7.66. The Morgan fingerprint density at radius 1 is 1.42 bits per heavy atom. The fourth-order valence-corrected chi connectivity index (χ4v) is 3.17. The molecule has 1 fully saturated rings. The summed E-state index contributed by atoms with van der Waals surface area (Å²) in [5.74, 6) is 0.855. The Morgan fingerprint density at radius 3 is 2.75 bits per heavy atom. The maximum Gasteiger partial charge on any atom is 0.241 e. The van der Waals surface area contributed by atoms with Gasteiger partial charge in [0.05, 0.1) is 13.3 Å². The standard InChI is InChI=1S/C18H24N4O2/c1-19-16(13-10-21-22(2)11-13)17(23)20-12-18(8-9-18)14-6-4-5-7-15(14)24-3/h4-7,10-11,16,19H,8-9,12H2,1-3H3,(H,20,23). The van der Waals surface area contributed by atoms with Crippen LogP contribution >= 0.6 is 0 Å². The van der Waals surface area contributed by atoms with Crippen molar-refractivity contribution in [2.75, 3.05) is 20.7 Å². The number of methoxy groups -OCH3 is 1. The van der Waals surface area contributed by atoms with Gasteiger partial charge in [0.15, 0.2) is 0 Å². The summed E-state index contributed by atoms with van der Waals surface area (Å²) in [5, 5.41) is 10.3. The normalized spacial score (nSPS) is 16.5. The van der Waals surface area contributed by atoms with Crippen LogP contribution in [0.2, 0.25) is 0 Å². The fraction of sp³-hybridized carbons (Fsp3) is 0.444. The minimum absolute atomic E-state index is 0.00447. The molecule has 24 heavy (non-hydrogen) atoms. The summed E-state index contributed by atoms with van der Waals surface area (Å²) < 4.78 is 7.18. The van der Waals surface area contributed by atoms with Crippen molar-refractivity contribution >= 4 is 5.91 Å². The lowest BCUT2D eigenvalue weighted by molar-refractivity contribution is -0.123. The highest BCUT2D eigenvalue weighted by atomic mass is 16.5. The van der Waals surface area contributed by atoms with Gasteiger partial charge < -0.3 is 15.4 Å². The highest BCUT2D eigenvalue weighted by molar-refractivity contribution is 5.83. The first kappa shape index (κ1) is 16.5. The van der Waals surface area contributed by atoms with E-state index >= 15 is 0 Å². The van der Waals surface area contributed by atoms with Crippen molar-refractivity contribution < 1.29 is 9.53 Å². The molecule has 1 saturated carbocycles. The number of carbonyl (C=O) groups is 1. The van der Waals surface area contributed by atoms with Crippen molar-refractivity contribution in [3.8, 4) is 5.75 Å². The molecule has 1 aliphatic rings. The van der Waals surface area contributed by atoms with Gasteiger partial charge in [0, 0.05) is 36.3 Å². The fourth-order valence-electron chi connectivity index (χ4n) is 3.17. The Balaban J connectivity index is 1.69. The number of carbonyl (C=O) groups excluding carboxylic acids is 1. The molecule has 0 spiro atoms. The zero-order valence-corrected chi connectivity index (χ0v) is 14.4. The Morgan fingerprint density at radius 2 is 2.17 bits per heavy atom. The van der Waals surface area contributed by atoms with Crippen molar-refractivity contribution in [2.45, 2.75) is 24.3 Å². The van der Waals surface area contributed by atoms with Crippen LogP contribution < -0.4 is 15.4 Å². The first-order valence-electron chi connectivity index (χ1n) is 8.17. The van der Waals surface area contributed by atoms with Crippen LogP contribution in [-0.2, 0) is 17.3 Å². The van der Waals surface area contributed by atoms with Crippen LogP contribution in [0, 0.1) is 0 Å². The largest absolute Gasteiger partial charge is 0.496 e. The number of hydrogen-bond acceptors (Lipinski definition) is 4. The van der Waals surface area contributed by atoms with Gasteiger partial charge in [-0.05, 0) is 26.0 Å². The highest BCUT2D eigenvalue weighted by Crippen LogP contribution is 2.50. The number of likely N-dealkylation sites (N-methyl/N-ethyl adjacent to an activating group) is 1. The summed E-state index contributed by atoms with van der Waals surface area (Å²) in [4.78, 5) is 12.6. The van der Waals surface area contributed by atoms with E-state index in [2.05, 4.69) is 21.8 Å². The van der Waals surface area contributed by atoms with E-state index in [0.29, 0.717) is 6.54 Å². The molecule has 0 saturated heterocycles. The van der Waals surface area contributed by atoms with E-state index in [1.165, 1.54) is 5.56 Å². The molecule has 2 aromatic rings. The first-order valence-corrected chi connectivity index (χ1v) is 8.17. The van der Waals surface area contributed by atoms with Gasteiger partial charge in [-0.15, -0.1) is 0 Å². The van der Waals surface area contributed by atoms with Gasteiger partial charge in [0.25, 0.3) is 0 Å². The second-order valence-electron chi connectivity index (χ2n) is 6.37. The Labute approximate surface area is 142 Å². The van der Waals surface area contributed by atoms with Gasteiger partial charge in [-0.2, -0.15) is 5.10 Å². The number of para-hydroxylation sites is 1. The molecule has 6 nitrogen and oxygen atoms in total. The molecule has 0 radical (unpaired) electrons. The summed E-state index contributed by atoms with van der Waals surface area (Å²) in [5.41, 5.74) is 2.03. The van der Waals surface area contributed by atoms with E-state index in [9.17, 15) is 4.79 Å². The minimum Gasteiger partial charge on any atom is -0.496 e. The number of aryl methyl sites for hydroxylation is 1. The molecule has 1 aromatic heterocycles. The molecule has 1 unspecified atom stereocenters. The summed E-state index contributed by atoms with van der Waals surface area (Å²) in [6.07, 6.45) is 5.69. The average molecular weight is 328 g/mol. The van der Waals surface area contributed by atoms with Gasteiger partial charge in [-0.1, -0.05) is 18.2 Å². The van der Waals surface area contributed by atoms with Crippen LogP contribution in [0.5, 0.6) is 5.75 Å². The number of nitrogens with one attached hydrogen (secondary N) is 2. The summed E-state index contributed by atoms with van der Waals surface area (Å²) >= 11 is 0. The third-order valence-electron chi connectivity index (χ3n) is 4.74. The van der Waals surface area contributed by atoms with E-state index < -0.39 is 6.04 Å². The zero-order valence-electron chi connectivity index (χ0n) is 14.4. The Hall–Kier alpha value is -2.34. The number of ether oxygens (including phenoxy) is 1. The third kappa shape index (κ3) is 3.14. The zero-order chi connectivity index (χ0) is 17.2. The van der Waals surface area contributed by atoms with Gasteiger partial charge in [-0.3, -0.25) is 9.48 Å². The smallest absolute Gasteiger partial charge is 0.241 e. The van der Waals surface area contributed by atoms with E-state index in [4.69, 9.17) is 4.74 Å². The van der Waals surface area contributed by atoms with Gasteiger partial charge in [0.1, 0.15) is 11.8 Å². The van der Waals surface area contributed by atoms with Crippen LogP contribution in [0.3, 0.4) is 0 Å². The molecule has 2 N–H and O–H groups in total. The topological polar surface area (TPSA) is 68.2 Å². The van der Waals surface area contributed by atoms with Gasteiger partial charge in [0.2, 0.25) is 5.91 Å². The predicted octanol–water partition coefficient (Wildman–Crippen LogP) is 1.54. The second-order valence-corrected chi connectivity index (χ2v) is 6.37. The average Bonchev–Trinajstić information content (AvgIpc) is 3.28. The molecule has 0 bridgehead atoms. The second kappa shape index (κ2) is 6.65. The van der Waals surface area contributed by atoms with Crippen LogP contribution in [0.25, 0.3) is 0 Å². The minimum atomic E-state index is -0.396. The van der Waals surface area contributed by atoms with Gasteiger partial charge >= 0.3 is 0 Å². The molecule has 6 heteroatoms. The van der Waals surface area contributed by atoms with Crippen LogP contribution in [0.15, 0.2) is 36.7 Å². The molecule has 1 atom stereocenters. The van der Waals surface area contributed by atoms with Crippen molar-refractivity contribution in [2.24, 2.45) is 7.05 Å². The number of rotatable bonds is 7. The SMILES string of the molecule is CNC(C(=O)NCC1(c2ccccc2OC)CC1)c1cnn(C)c1. The lowest BCUT2D eigenvalue weighted by Crippen LogP contribution is -2.39. The molecule has 0 aliphatic heterocycles. The maximum atomic E-state index is 12.6. The number of benzene rings is 1. The number of amides is 1. The van der Waals surface area contributed by atoms with Crippen molar-refractivity contribution in [3.63, 3.8) is 0 Å². The molecular formula is C18H24N4O2. The quantitative estimate of drug-likeness (QED) is 0.809. The predicted molar refractivity (Wildman–Crippen MR) is 91.9 cm³/mol. The highest BCUT2D eigenvalue weighted by Gasteiger charge is 2.46.